The molecule has 1 atom stereocenters. The number of hydrogen-bond acceptors (Lipinski definition) is 4. The quantitative estimate of drug-likeness (QED) is 0.780. The van der Waals surface area contributed by atoms with Gasteiger partial charge in [0.25, 0.3) is 5.91 Å². The van der Waals surface area contributed by atoms with Gasteiger partial charge in [-0.2, -0.15) is 0 Å². The predicted octanol–water partition coefficient (Wildman–Crippen LogP) is 3.67. The normalized spacial score (nSPS) is 17.5. The maximum atomic E-state index is 13.5. The summed E-state index contributed by atoms with van der Waals surface area (Å²) < 4.78 is 19.1. The van der Waals surface area contributed by atoms with Crippen LogP contribution < -0.4 is 10.2 Å². The Bertz CT molecular complexity index is 953. The summed E-state index contributed by atoms with van der Waals surface area (Å²) >= 11 is 0. The molecule has 3 heterocycles. The number of nitrogens with one attached hydrogen (secondary N) is 1. The maximum absolute atomic E-state index is 13.5. The Labute approximate surface area is 150 Å². The van der Waals surface area contributed by atoms with E-state index in [-0.39, 0.29) is 23.5 Å². The second kappa shape index (κ2) is 6.78. The molecule has 2 aromatic heterocycles. The fourth-order valence-corrected chi connectivity index (χ4v) is 3.40. The number of amides is 1. The van der Waals surface area contributed by atoms with E-state index >= 15 is 0 Å². The number of pyridine rings is 1. The number of aryl methyl sites for hydroxylation is 1. The van der Waals surface area contributed by atoms with Gasteiger partial charge in [-0.1, -0.05) is 6.07 Å². The molecule has 0 spiro atoms. The Morgan fingerprint density at radius 2 is 2.19 bits per heavy atom. The van der Waals surface area contributed by atoms with Crippen molar-refractivity contribution in [2.24, 2.45) is 0 Å². The van der Waals surface area contributed by atoms with E-state index in [1.807, 2.05) is 25.1 Å². The molecule has 1 unspecified atom stereocenters. The molecule has 4 rings (SSSR count). The van der Waals surface area contributed by atoms with Gasteiger partial charge in [0.15, 0.2) is 11.3 Å². The summed E-state index contributed by atoms with van der Waals surface area (Å²) in [5, 5.41) is 3.03. The van der Waals surface area contributed by atoms with Gasteiger partial charge in [-0.15, -0.1) is 0 Å². The minimum absolute atomic E-state index is 0.0116. The van der Waals surface area contributed by atoms with Crippen molar-refractivity contribution in [3.8, 4) is 0 Å². The SMILES string of the molecule is Cc1ccc2oc(C(=O)NC3CCCN(c4cccc(F)c4)C3)cc2n1. The Morgan fingerprint density at radius 3 is 3.04 bits per heavy atom. The molecule has 0 bridgehead atoms. The molecule has 26 heavy (non-hydrogen) atoms. The number of piperidine rings is 1. The van der Waals surface area contributed by atoms with Gasteiger partial charge in [-0.25, -0.2) is 9.37 Å². The first-order valence-corrected chi connectivity index (χ1v) is 8.77. The number of anilines is 1. The molecule has 6 heteroatoms. The fourth-order valence-electron chi connectivity index (χ4n) is 3.40. The molecule has 1 amide bonds. The number of halogens is 1. The monoisotopic (exact) mass is 353 g/mol. The first-order valence-electron chi connectivity index (χ1n) is 8.77. The highest BCUT2D eigenvalue weighted by Crippen LogP contribution is 2.22. The van der Waals surface area contributed by atoms with Crippen molar-refractivity contribution in [2.75, 3.05) is 18.0 Å². The van der Waals surface area contributed by atoms with Gasteiger partial charge in [0.1, 0.15) is 11.3 Å². The fraction of sp³-hybridized carbons (Fsp3) is 0.300. The summed E-state index contributed by atoms with van der Waals surface area (Å²) in [7, 11) is 0. The lowest BCUT2D eigenvalue weighted by atomic mass is 10.0. The Kier molecular flexibility index (Phi) is 4.32. The third kappa shape index (κ3) is 3.40. The molecule has 1 N–H and O–H groups in total. The van der Waals surface area contributed by atoms with Crippen molar-refractivity contribution in [1.82, 2.24) is 10.3 Å². The summed E-state index contributed by atoms with van der Waals surface area (Å²) in [6.07, 6.45) is 1.82. The van der Waals surface area contributed by atoms with Crippen molar-refractivity contribution < 1.29 is 13.6 Å². The number of carbonyl (C=O) groups is 1. The van der Waals surface area contributed by atoms with Crippen molar-refractivity contribution in [3.05, 3.63) is 59.7 Å². The first-order chi connectivity index (χ1) is 12.6. The lowest BCUT2D eigenvalue weighted by molar-refractivity contribution is 0.0907. The van der Waals surface area contributed by atoms with Crippen molar-refractivity contribution in [2.45, 2.75) is 25.8 Å². The molecule has 0 radical (unpaired) electrons. The molecule has 1 saturated heterocycles. The molecule has 5 nitrogen and oxygen atoms in total. The van der Waals surface area contributed by atoms with Crippen molar-refractivity contribution >= 4 is 22.7 Å². The van der Waals surface area contributed by atoms with E-state index in [0.29, 0.717) is 17.6 Å². The van der Waals surface area contributed by atoms with Gasteiger partial charge in [-0.3, -0.25) is 4.79 Å². The lowest BCUT2D eigenvalue weighted by Gasteiger charge is -2.34. The average Bonchev–Trinajstić information content (AvgIpc) is 3.05. The molecule has 0 saturated carbocycles. The average molecular weight is 353 g/mol. The van der Waals surface area contributed by atoms with Crippen LogP contribution in [-0.2, 0) is 0 Å². The molecular weight excluding hydrogens is 333 g/mol. The van der Waals surface area contributed by atoms with Crippen LogP contribution in [0.25, 0.3) is 11.1 Å². The minimum Gasteiger partial charge on any atom is -0.449 e. The third-order valence-electron chi connectivity index (χ3n) is 4.67. The van der Waals surface area contributed by atoms with Crippen molar-refractivity contribution in [1.29, 1.82) is 0 Å². The van der Waals surface area contributed by atoms with Crippen LogP contribution >= 0.6 is 0 Å². The summed E-state index contributed by atoms with van der Waals surface area (Å²) in [4.78, 5) is 19.0. The van der Waals surface area contributed by atoms with E-state index in [2.05, 4.69) is 15.2 Å². The summed E-state index contributed by atoms with van der Waals surface area (Å²) in [6, 6.07) is 11.9. The van der Waals surface area contributed by atoms with Gasteiger partial charge < -0.3 is 14.6 Å². The van der Waals surface area contributed by atoms with E-state index in [9.17, 15) is 9.18 Å². The van der Waals surface area contributed by atoms with Gasteiger partial charge in [-0.05, 0) is 50.1 Å². The van der Waals surface area contributed by atoms with Gasteiger partial charge in [0, 0.05) is 36.6 Å². The molecule has 1 aliphatic heterocycles. The second-order valence-corrected chi connectivity index (χ2v) is 6.69. The topological polar surface area (TPSA) is 58.4 Å². The zero-order valence-electron chi connectivity index (χ0n) is 14.5. The number of carbonyl (C=O) groups excluding carboxylic acids is 1. The summed E-state index contributed by atoms with van der Waals surface area (Å²) in [5.74, 6) is -0.230. The highest BCUT2D eigenvalue weighted by molar-refractivity contribution is 5.95. The third-order valence-corrected chi connectivity index (χ3v) is 4.67. The number of fused-ring (bicyclic) bond motifs is 1. The smallest absolute Gasteiger partial charge is 0.287 e. The Hall–Kier alpha value is -2.89. The van der Waals surface area contributed by atoms with Crippen LogP contribution in [-0.4, -0.2) is 30.0 Å². The molecule has 1 aliphatic rings. The van der Waals surface area contributed by atoms with Crippen LogP contribution in [0.15, 0.2) is 46.9 Å². The number of benzene rings is 1. The molecule has 1 aromatic carbocycles. The highest BCUT2D eigenvalue weighted by Gasteiger charge is 2.23. The van der Waals surface area contributed by atoms with Crippen LogP contribution in [0.3, 0.4) is 0 Å². The van der Waals surface area contributed by atoms with Crippen molar-refractivity contribution in [3.63, 3.8) is 0 Å². The van der Waals surface area contributed by atoms with Crippen LogP contribution in [0.4, 0.5) is 10.1 Å². The maximum Gasteiger partial charge on any atom is 0.287 e. The van der Waals surface area contributed by atoms with E-state index in [4.69, 9.17) is 4.42 Å². The molecule has 3 aromatic rings. The molecule has 1 fully saturated rings. The van der Waals surface area contributed by atoms with Gasteiger partial charge >= 0.3 is 0 Å². The number of hydrogen-bond donors (Lipinski definition) is 1. The Morgan fingerprint density at radius 1 is 1.31 bits per heavy atom. The standard InChI is InChI=1S/C20H20FN3O2/c1-13-7-8-18-17(22-13)11-19(26-18)20(25)23-15-5-3-9-24(12-15)16-6-2-4-14(21)10-16/h2,4,6-8,10-11,15H,3,5,9,12H2,1H3,(H,23,25). The van der Waals surface area contributed by atoms with Crippen LogP contribution in [0.2, 0.25) is 0 Å². The van der Waals surface area contributed by atoms with Crippen LogP contribution in [0.5, 0.6) is 0 Å². The molecule has 0 aliphatic carbocycles. The zero-order chi connectivity index (χ0) is 18.1. The second-order valence-electron chi connectivity index (χ2n) is 6.69. The predicted molar refractivity (Wildman–Crippen MR) is 97.8 cm³/mol. The summed E-state index contributed by atoms with van der Waals surface area (Å²) in [6.45, 7) is 3.39. The number of rotatable bonds is 3. The van der Waals surface area contributed by atoms with E-state index in [1.54, 1.807) is 12.1 Å². The number of furan rings is 1. The van der Waals surface area contributed by atoms with Gasteiger partial charge in [0.05, 0.1) is 0 Å². The lowest BCUT2D eigenvalue weighted by Crippen LogP contribution is -2.47. The van der Waals surface area contributed by atoms with Crippen LogP contribution in [0.1, 0.15) is 29.1 Å². The van der Waals surface area contributed by atoms with E-state index in [1.165, 1.54) is 12.1 Å². The first kappa shape index (κ1) is 16.6. The largest absolute Gasteiger partial charge is 0.449 e. The number of nitrogens with zero attached hydrogens (tertiary/aromatic N) is 2. The van der Waals surface area contributed by atoms with E-state index < -0.39 is 0 Å². The highest BCUT2D eigenvalue weighted by atomic mass is 19.1. The van der Waals surface area contributed by atoms with Gasteiger partial charge in [0.2, 0.25) is 0 Å². The minimum atomic E-state index is -0.251. The zero-order valence-corrected chi connectivity index (χ0v) is 14.5. The van der Waals surface area contributed by atoms with E-state index in [0.717, 1.165) is 30.8 Å². The molecular formula is C20H20FN3O2. The molecule has 134 valence electrons. The Balaban J connectivity index is 1.46. The summed E-state index contributed by atoms with van der Waals surface area (Å²) in [5.41, 5.74) is 3.00. The van der Waals surface area contributed by atoms with Crippen LogP contribution in [0, 0.1) is 12.7 Å². The number of aromatic nitrogens is 1.